The van der Waals surface area contributed by atoms with Crippen molar-refractivity contribution in [2.24, 2.45) is 0 Å². The van der Waals surface area contributed by atoms with E-state index in [1.807, 2.05) is 27.7 Å². The van der Waals surface area contributed by atoms with Crippen LogP contribution in [0.2, 0.25) is 0 Å². The molecule has 0 spiro atoms. The maximum absolute atomic E-state index is 11.9. The number of aliphatic carboxylic acids is 1. The van der Waals surface area contributed by atoms with Gasteiger partial charge in [-0.05, 0) is 40.2 Å². The molecule has 0 heterocycles. The SMILES string of the molecule is CCNC(C)(C)C(=O)NC(C)CCCC(=O)O. The van der Waals surface area contributed by atoms with Gasteiger partial charge in [-0.25, -0.2) is 0 Å². The van der Waals surface area contributed by atoms with E-state index in [-0.39, 0.29) is 18.4 Å². The summed E-state index contributed by atoms with van der Waals surface area (Å²) in [6, 6.07) is -0.000203. The van der Waals surface area contributed by atoms with E-state index in [1.165, 1.54) is 0 Å². The van der Waals surface area contributed by atoms with Crippen molar-refractivity contribution in [3.05, 3.63) is 0 Å². The molecule has 0 radical (unpaired) electrons. The molecular formula is C12H24N2O3. The molecule has 0 aliphatic heterocycles. The first-order chi connectivity index (χ1) is 7.79. The van der Waals surface area contributed by atoms with E-state index >= 15 is 0 Å². The number of carboxylic acid groups (broad SMARTS) is 1. The number of carboxylic acids is 1. The van der Waals surface area contributed by atoms with Crippen LogP contribution in [0.1, 0.15) is 47.0 Å². The molecule has 3 N–H and O–H groups in total. The van der Waals surface area contributed by atoms with Crippen LogP contribution in [-0.2, 0) is 9.59 Å². The highest BCUT2D eigenvalue weighted by Gasteiger charge is 2.26. The summed E-state index contributed by atoms with van der Waals surface area (Å²) < 4.78 is 0. The second-order valence-corrected chi connectivity index (χ2v) is 4.82. The van der Waals surface area contributed by atoms with Gasteiger partial charge in [-0.3, -0.25) is 9.59 Å². The first-order valence-electron chi connectivity index (χ1n) is 6.07. The van der Waals surface area contributed by atoms with Crippen molar-refractivity contribution >= 4 is 11.9 Å². The normalized spacial score (nSPS) is 13.2. The quantitative estimate of drug-likeness (QED) is 0.598. The fourth-order valence-electron chi connectivity index (χ4n) is 1.56. The van der Waals surface area contributed by atoms with Crippen molar-refractivity contribution in [1.82, 2.24) is 10.6 Å². The zero-order valence-electron chi connectivity index (χ0n) is 11.2. The number of hydrogen-bond donors (Lipinski definition) is 3. The monoisotopic (exact) mass is 244 g/mol. The predicted molar refractivity (Wildman–Crippen MR) is 66.8 cm³/mol. The largest absolute Gasteiger partial charge is 0.481 e. The maximum Gasteiger partial charge on any atom is 0.303 e. The summed E-state index contributed by atoms with van der Waals surface area (Å²) in [7, 11) is 0. The van der Waals surface area contributed by atoms with Gasteiger partial charge in [-0.1, -0.05) is 6.92 Å². The summed E-state index contributed by atoms with van der Waals surface area (Å²) in [5.74, 6) is -0.848. The molecular weight excluding hydrogens is 220 g/mol. The van der Waals surface area contributed by atoms with E-state index in [1.54, 1.807) is 0 Å². The molecule has 0 bridgehead atoms. The smallest absolute Gasteiger partial charge is 0.303 e. The third-order valence-electron chi connectivity index (χ3n) is 2.59. The minimum Gasteiger partial charge on any atom is -0.481 e. The summed E-state index contributed by atoms with van der Waals surface area (Å²) in [6.07, 6.45) is 1.41. The van der Waals surface area contributed by atoms with Gasteiger partial charge in [-0.2, -0.15) is 0 Å². The molecule has 0 aromatic rings. The summed E-state index contributed by atoms with van der Waals surface area (Å²) in [6.45, 7) is 8.23. The summed E-state index contributed by atoms with van der Waals surface area (Å²) >= 11 is 0. The Balaban J connectivity index is 3.98. The van der Waals surface area contributed by atoms with E-state index in [4.69, 9.17) is 5.11 Å². The van der Waals surface area contributed by atoms with E-state index in [0.717, 1.165) is 6.54 Å². The van der Waals surface area contributed by atoms with Crippen LogP contribution < -0.4 is 10.6 Å². The number of nitrogens with one attached hydrogen (secondary N) is 2. The molecule has 5 heteroatoms. The molecule has 0 aromatic carbocycles. The molecule has 1 atom stereocenters. The molecule has 0 aliphatic carbocycles. The first-order valence-corrected chi connectivity index (χ1v) is 6.07. The van der Waals surface area contributed by atoms with Gasteiger partial charge in [0.15, 0.2) is 0 Å². The number of likely N-dealkylation sites (N-methyl/N-ethyl adjacent to an activating group) is 1. The molecule has 100 valence electrons. The van der Waals surface area contributed by atoms with Gasteiger partial charge in [0.05, 0.1) is 5.54 Å². The Morgan fingerprint density at radius 2 is 1.94 bits per heavy atom. The van der Waals surface area contributed by atoms with Crippen molar-refractivity contribution in [3.8, 4) is 0 Å². The number of amides is 1. The Morgan fingerprint density at radius 3 is 2.41 bits per heavy atom. The van der Waals surface area contributed by atoms with E-state index in [9.17, 15) is 9.59 Å². The Labute approximate surface area is 103 Å². The van der Waals surface area contributed by atoms with Crippen LogP contribution in [0.3, 0.4) is 0 Å². The van der Waals surface area contributed by atoms with Crippen LogP contribution in [-0.4, -0.2) is 35.1 Å². The van der Waals surface area contributed by atoms with E-state index in [0.29, 0.717) is 12.8 Å². The van der Waals surface area contributed by atoms with Gasteiger partial charge < -0.3 is 15.7 Å². The zero-order valence-corrected chi connectivity index (χ0v) is 11.2. The highest BCUT2D eigenvalue weighted by molar-refractivity contribution is 5.85. The number of carbonyl (C=O) groups is 2. The van der Waals surface area contributed by atoms with Crippen LogP contribution in [0, 0.1) is 0 Å². The second-order valence-electron chi connectivity index (χ2n) is 4.82. The van der Waals surface area contributed by atoms with Crippen LogP contribution >= 0.6 is 0 Å². The van der Waals surface area contributed by atoms with Crippen molar-refractivity contribution in [2.75, 3.05) is 6.54 Å². The van der Waals surface area contributed by atoms with Crippen LogP contribution in [0.25, 0.3) is 0 Å². The lowest BCUT2D eigenvalue weighted by atomic mass is 10.0. The average Bonchev–Trinajstić information content (AvgIpc) is 2.16. The minimum atomic E-state index is -0.795. The van der Waals surface area contributed by atoms with Gasteiger partial charge in [0, 0.05) is 12.5 Å². The lowest BCUT2D eigenvalue weighted by Gasteiger charge is -2.26. The number of rotatable bonds is 8. The molecule has 17 heavy (non-hydrogen) atoms. The second kappa shape index (κ2) is 7.27. The van der Waals surface area contributed by atoms with Gasteiger partial charge >= 0.3 is 5.97 Å². The lowest BCUT2D eigenvalue weighted by Crippen LogP contribution is -2.54. The predicted octanol–water partition coefficient (Wildman–Crippen LogP) is 1.13. The Bertz CT molecular complexity index is 264. The van der Waals surface area contributed by atoms with Crippen LogP contribution in [0.4, 0.5) is 0 Å². The zero-order chi connectivity index (χ0) is 13.5. The molecule has 0 rings (SSSR count). The van der Waals surface area contributed by atoms with E-state index < -0.39 is 11.5 Å². The molecule has 0 saturated heterocycles. The van der Waals surface area contributed by atoms with E-state index in [2.05, 4.69) is 10.6 Å². The van der Waals surface area contributed by atoms with Crippen molar-refractivity contribution < 1.29 is 14.7 Å². The molecule has 1 unspecified atom stereocenters. The van der Waals surface area contributed by atoms with Crippen LogP contribution in [0.15, 0.2) is 0 Å². The third-order valence-corrected chi connectivity index (χ3v) is 2.59. The van der Waals surface area contributed by atoms with Crippen molar-refractivity contribution in [3.63, 3.8) is 0 Å². The summed E-state index contributed by atoms with van der Waals surface area (Å²) in [4.78, 5) is 22.2. The average molecular weight is 244 g/mol. The summed E-state index contributed by atoms with van der Waals surface area (Å²) in [5.41, 5.74) is -0.587. The standard InChI is InChI=1S/C12H24N2O3/c1-5-13-12(3,4)11(17)14-9(2)7-6-8-10(15)16/h9,13H,5-8H2,1-4H3,(H,14,17)(H,15,16). The maximum atomic E-state index is 11.9. The number of carbonyl (C=O) groups excluding carboxylic acids is 1. The Morgan fingerprint density at radius 1 is 1.35 bits per heavy atom. The van der Waals surface area contributed by atoms with Gasteiger partial charge in [0.25, 0.3) is 0 Å². The number of hydrogen-bond acceptors (Lipinski definition) is 3. The van der Waals surface area contributed by atoms with Gasteiger partial charge in [-0.15, -0.1) is 0 Å². The minimum absolute atomic E-state index is 0.000203. The molecule has 0 fully saturated rings. The lowest BCUT2D eigenvalue weighted by molar-refractivity contribution is -0.137. The van der Waals surface area contributed by atoms with Crippen molar-refractivity contribution in [1.29, 1.82) is 0 Å². The molecule has 0 saturated carbocycles. The molecule has 0 aliphatic rings. The van der Waals surface area contributed by atoms with Crippen molar-refractivity contribution in [2.45, 2.75) is 58.5 Å². The van der Waals surface area contributed by atoms with Gasteiger partial charge in [0.1, 0.15) is 0 Å². The third kappa shape index (κ3) is 6.94. The molecule has 5 nitrogen and oxygen atoms in total. The highest BCUT2D eigenvalue weighted by atomic mass is 16.4. The first kappa shape index (κ1) is 15.9. The fraction of sp³-hybridized carbons (Fsp3) is 0.833. The highest BCUT2D eigenvalue weighted by Crippen LogP contribution is 2.05. The molecule has 0 aromatic heterocycles. The topological polar surface area (TPSA) is 78.4 Å². The fourth-order valence-corrected chi connectivity index (χ4v) is 1.56. The Hall–Kier alpha value is -1.10. The summed E-state index contributed by atoms with van der Waals surface area (Å²) in [5, 5.41) is 14.5. The molecule has 1 amide bonds. The van der Waals surface area contributed by atoms with Crippen LogP contribution in [0.5, 0.6) is 0 Å². The Kier molecular flexibility index (Phi) is 6.80. The van der Waals surface area contributed by atoms with Gasteiger partial charge in [0.2, 0.25) is 5.91 Å².